The van der Waals surface area contributed by atoms with Crippen LogP contribution >= 0.6 is 0 Å². The number of nitrogens with zero attached hydrogens (tertiary/aromatic N) is 2. The van der Waals surface area contributed by atoms with Crippen LogP contribution in [0.25, 0.3) is 10.9 Å². The fraction of sp³-hybridized carbons (Fsp3) is 0.278. The van der Waals surface area contributed by atoms with Gasteiger partial charge in [-0.2, -0.15) is 0 Å². The number of hydrogen-bond acceptors (Lipinski definition) is 2. The topological polar surface area (TPSA) is 29.9 Å². The standard InChI is InChI=1S/C18H21N3/c1-14(2)21-13-16(17-7-3-4-8-18(17)21)12-20-11-15-6-5-9-19-10-15/h3-10,13-14,20H,11-12H2,1-2H3. The third kappa shape index (κ3) is 2.98. The van der Waals surface area contributed by atoms with E-state index >= 15 is 0 Å². The van der Waals surface area contributed by atoms with Crippen LogP contribution in [0.1, 0.15) is 31.0 Å². The van der Waals surface area contributed by atoms with E-state index in [1.165, 1.54) is 22.0 Å². The molecule has 3 rings (SSSR count). The summed E-state index contributed by atoms with van der Waals surface area (Å²) in [6.45, 7) is 6.16. The molecule has 0 radical (unpaired) electrons. The molecule has 0 fully saturated rings. The smallest absolute Gasteiger partial charge is 0.0486 e. The lowest BCUT2D eigenvalue weighted by atomic mass is 10.2. The molecule has 3 heteroatoms. The minimum atomic E-state index is 0.474. The highest BCUT2D eigenvalue weighted by Gasteiger charge is 2.09. The first-order chi connectivity index (χ1) is 10.3. The first kappa shape index (κ1) is 13.8. The van der Waals surface area contributed by atoms with Gasteiger partial charge < -0.3 is 9.88 Å². The van der Waals surface area contributed by atoms with E-state index in [0.717, 1.165) is 13.1 Å². The average molecular weight is 279 g/mol. The van der Waals surface area contributed by atoms with E-state index < -0.39 is 0 Å². The molecule has 1 aromatic carbocycles. The van der Waals surface area contributed by atoms with E-state index in [0.29, 0.717) is 6.04 Å². The molecule has 0 bridgehead atoms. The van der Waals surface area contributed by atoms with E-state index in [4.69, 9.17) is 0 Å². The van der Waals surface area contributed by atoms with Crippen molar-refractivity contribution in [3.63, 3.8) is 0 Å². The first-order valence-electron chi connectivity index (χ1n) is 7.44. The first-order valence-corrected chi connectivity index (χ1v) is 7.44. The van der Waals surface area contributed by atoms with Gasteiger partial charge in [-0.1, -0.05) is 24.3 Å². The van der Waals surface area contributed by atoms with Crippen LogP contribution in [0.2, 0.25) is 0 Å². The molecule has 0 spiro atoms. The summed E-state index contributed by atoms with van der Waals surface area (Å²) in [4.78, 5) is 4.14. The van der Waals surface area contributed by atoms with Crippen LogP contribution in [0.5, 0.6) is 0 Å². The minimum Gasteiger partial charge on any atom is -0.345 e. The van der Waals surface area contributed by atoms with Crippen LogP contribution in [0, 0.1) is 0 Å². The molecule has 0 atom stereocenters. The Hall–Kier alpha value is -2.13. The highest BCUT2D eigenvalue weighted by molar-refractivity contribution is 5.84. The predicted octanol–water partition coefficient (Wildman–Crippen LogP) is 3.91. The maximum absolute atomic E-state index is 4.14. The van der Waals surface area contributed by atoms with Crippen molar-refractivity contribution in [3.05, 3.63) is 66.1 Å². The summed E-state index contributed by atoms with van der Waals surface area (Å²) >= 11 is 0. The Balaban J connectivity index is 1.78. The second kappa shape index (κ2) is 6.10. The van der Waals surface area contributed by atoms with Crippen molar-refractivity contribution in [2.24, 2.45) is 0 Å². The number of hydrogen-bond donors (Lipinski definition) is 1. The lowest BCUT2D eigenvalue weighted by Crippen LogP contribution is -2.12. The molecule has 3 aromatic rings. The van der Waals surface area contributed by atoms with Crippen LogP contribution < -0.4 is 5.32 Å². The van der Waals surface area contributed by atoms with Gasteiger partial charge in [-0.3, -0.25) is 4.98 Å². The third-order valence-corrected chi connectivity index (χ3v) is 3.75. The van der Waals surface area contributed by atoms with Crippen LogP contribution in [-0.2, 0) is 13.1 Å². The Bertz CT molecular complexity index is 714. The maximum Gasteiger partial charge on any atom is 0.0486 e. The quantitative estimate of drug-likeness (QED) is 0.767. The number of para-hydroxylation sites is 1. The Labute approximate surface area is 125 Å². The Morgan fingerprint density at radius 1 is 1.10 bits per heavy atom. The molecule has 21 heavy (non-hydrogen) atoms. The van der Waals surface area contributed by atoms with E-state index in [2.05, 4.69) is 65.2 Å². The summed E-state index contributed by atoms with van der Waals surface area (Å²) in [6.07, 6.45) is 5.98. The number of benzene rings is 1. The minimum absolute atomic E-state index is 0.474. The third-order valence-electron chi connectivity index (χ3n) is 3.75. The normalized spacial score (nSPS) is 11.4. The van der Waals surface area contributed by atoms with Gasteiger partial charge in [0.25, 0.3) is 0 Å². The largest absolute Gasteiger partial charge is 0.345 e. The number of fused-ring (bicyclic) bond motifs is 1. The summed E-state index contributed by atoms with van der Waals surface area (Å²) in [5.41, 5.74) is 3.87. The summed E-state index contributed by atoms with van der Waals surface area (Å²) in [5, 5.41) is 4.85. The zero-order valence-electron chi connectivity index (χ0n) is 12.6. The van der Waals surface area contributed by atoms with E-state index in [9.17, 15) is 0 Å². The Kier molecular flexibility index (Phi) is 4.02. The van der Waals surface area contributed by atoms with Crippen LogP contribution in [0.15, 0.2) is 55.0 Å². The molecule has 3 nitrogen and oxygen atoms in total. The monoisotopic (exact) mass is 279 g/mol. The number of pyridine rings is 1. The van der Waals surface area contributed by atoms with Crippen molar-refractivity contribution in [1.29, 1.82) is 0 Å². The molecule has 0 saturated carbocycles. The molecule has 1 N–H and O–H groups in total. The summed E-state index contributed by atoms with van der Waals surface area (Å²) in [5.74, 6) is 0. The molecule has 0 amide bonds. The maximum atomic E-state index is 4.14. The van der Waals surface area contributed by atoms with E-state index in [1.807, 2.05) is 12.3 Å². The lowest BCUT2D eigenvalue weighted by molar-refractivity contribution is 0.616. The van der Waals surface area contributed by atoms with Crippen LogP contribution in [0.3, 0.4) is 0 Å². The number of rotatable bonds is 5. The van der Waals surface area contributed by atoms with E-state index in [-0.39, 0.29) is 0 Å². The molecule has 2 aromatic heterocycles. The Morgan fingerprint density at radius 2 is 1.95 bits per heavy atom. The molecule has 0 saturated heterocycles. The predicted molar refractivity (Wildman–Crippen MR) is 87.1 cm³/mol. The zero-order valence-corrected chi connectivity index (χ0v) is 12.6. The fourth-order valence-corrected chi connectivity index (χ4v) is 2.69. The molecule has 0 aliphatic carbocycles. The van der Waals surface area contributed by atoms with Gasteiger partial charge >= 0.3 is 0 Å². The van der Waals surface area contributed by atoms with Gasteiger partial charge in [0.15, 0.2) is 0 Å². The van der Waals surface area contributed by atoms with Crippen LogP contribution in [-0.4, -0.2) is 9.55 Å². The molecule has 108 valence electrons. The second-order valence-corrected chi connectivity index (χ2v) is 5.64. The van der Waals surface area contributed by atoms with Gasteiger partial charge in [0.1, 0.15) is 0 Å². The second-order valence-electron chi connectivity index (χ2n) is 5.64. The van der Waals surface area contributed by atoms with Gasteiger partial charge in [-0.05, 0) is 37.1 Å². The SMILES string of the molecule is CC(C)n1cc(CNCc2cccnc2)c2ccccc21. The Morgan fingerprint density at radius 3 is 2.71 bits per heavy atom. The van der Waals surface area contributed by atoms with Crippen molar-refractivity contribution >= 4 is 10.9 Å². The highest BCUT2D eigenvalue weighted by Crippen LogP contribution is 2.24. The van der Waals surface area contributed by atoms with Crippen molar-refractivity contribution in [2.45, 2.75) is 33.0 Å². The summed E-state index contributed by atoms with van der Waals surface area (Å²) in [7, 11) is 0. The van der Waals surface area contributed by atoms with Gasteiger partial charge in [-0.25, -0.2) is 0 Å². The molecule has 0 aliphatic rings. The average Bonchev–Trinajstić information content (AvgIpc) is 2.88. The number of aromatic nitrogens is 2. The fourth-order valence-electron chi connectivity index (χ4n) is 2.69. The van der Waals surface area contributed by atoms with Gasteiger partial charge in [0.2, 0.25) is 0 Å². The molecule has 0 unspecified atom stereocenters. The van der Waals surface area contributed by atoms with Crippen molar-refractivity contribution in [2.75, 3.05) is 0 Å². The number of nitrogens with one attached hydrogen (secondary N) is 1. The summed E-state index contributed by atoms with van der Waals surface area (Å²) < 4.78 is 2.34. The van der Waals surface area contributed by atoms with Crippen LogP contribution in [0.4, 0.5) is 0 Å². The van der Waals surface area contributed by atoms with Crippen molar-refractivity contribution in [1.82, 2.24) is 14.9 Å². The molecular formula is C18H21N3. The molecule has 0 aliphatic heterocycles. The molecular weight excluding hydrogens is 258 g/mol. The van der Waals surface area contributed by atoms with Gasteiger partial charge in [-0.15, -0.1) is 0 Å². The zero-order chi connectivity index (χ0) is 14.7. The van der Waals surface area contributed by atoms with Crippen molar-refractivity contribution in [3.8, 4) is 0 Å². The molecule has 2 heterocycles. The van der Waals surface area contributed by atoms with Gasteiger partial charge in [0, 0.05) is 48.6 Å². The summed E-state index contributed by atoms with van der Waals surface area (Å²) in [6, 6.07) is 13.2. The highest BCUT2D eigenvalue weighted by atomic mass is 15.0. The lowest BCUT2D eigenvalue weighted by Gasteiger charge is -2.08. The van der Waals surface area contributed by atoms with Crippen molar-refractivity contribution < 1.29 is 0 Å². The van der Waals surface area contributed by atoms with Gasteiger partial charge in [0.05, 0.1) is 0 Å². The van der Waals surface area contributed by atoms with E-state index in [1.54, 1.807) is 6.20 Å².